The Labute approximate surface area is 183 Å². The molecule has 0 aromatic rings. The average molecular weight is 448 g/mol. The summed E-state index contributed by atoms with van der Waals surface area (Å²) in [6, 6.07) is 2.20. The number of hydrogen-bond acceptors (Lipinski definition) is 6. The fraction of sp³-hybridized carbons (Fsp3) is 1.00. The highest BCUT2D eigenvalue weighted by Gasteiger charge is 2.36. The zero-order chi connectivity index (χ0) is 21.4. The van der Waals surface area contributed by atoms with Crippen LogP contribution in [0.25, 0.3) is 0 Å². The molecule has 29 heavy (non-hydrogen) atoms. The van der Waals surface area contributed by atoms with E-state index in [4.69, 9.17) is 23.1 Å². The summed E-state index contributed by atoms with van der Waals surface area (Å²) in [7, 11) is -1.39. The summed E-state index contributed by atoms with van der Waals surface area (Å²) in [5.74, 6) is -0.0294. The molecule has 172 valence electrons. The van der Waals surface area contributed by atoms with Gasteiger partial charge in [-0.15, -0.1) is 0 Å². The summed E-state index contributed by atoms with van der Waals surface area (Å²) in [6.07, 6.45) is 4.69. The van der Waals surface area contributed by atoms with Crippen molar-refractivity contribution in [1.29, 1.82) is 0 Å². The van der Waals surface area contributed by atoms with Crippen molar-refractivity contribution in [2.45, 2.75) is 84.0 Å². The van der Waals surface area contributed by atoms with Gasteiger partial charge in [-0.05, 0) is 65.7 Å². The van der Waals surface area contributed by atoms with Crippen molar-refractivity contribution >= 4 is 18.1 Å². The number of rotatable bonds is 16. The molecule has 1 aliphatic heterocycles. The van der Waals surface area contributed by atoms with Gasteiger partial charge in [0.05, 0.1) is 12.7 Å². The Bertz CT molecular complexity index is 388. The summed E-state index contributed by atoms with van der Waals surface area (Å²) in [5, 5.41) is 0. The Balaban J connectivity index is 2.48. The van der Waals surface area contributed by atoms with Gasteiger partial charge in [0.1, 0.15) is 15.4 Å². The van der Waals surface area contributed by atoms with Crippen LogP contribution in [-0.2, 0) is 23.1 Å². The lowest BCUT2D eigenvalue weighted by atomic mass is 10.3. The van der Waals surface area contributed by atoms with Crippen LogP contribution in [-0.4, -0.2) is 87.7 Å². The van der Waals surface area contributed by atoms with Gasteiger partial charge in [-0.2, -0.15) is 0 Å². The maximum atomic E-state index is 6.55. The smallest absolute Gasteiger partial charge is 0.335 e. The Morgan fingerprint density at radius 2 is 1.86 bits per heavy atom. The molecule has 0 N–H and O–H groups in total. The molecule has 0 saturated carbocycles. The largest absolute Gasteiger partial charge is 0.395 e. The maximum absolute atomic E-state index is 6.55. The van der Waals surface area contributed by atoms with Crippen LogP contribution in [0.5, 0.6) is 0 Å². The van der Waals surface area contributed by atoms with E-state index in [-0.39, 0.29) is 12.0 Å². The molecule has 2 atom stereocenters. The van der Waals surface area contributed by atoms with Crippen molar-refractivity contribution in [2.75, 3.05) is 52.7 Å². The van der Waals surface area contributed by atoms with E-state index in [0.29, 0.717) is 29.3 Å². The molecule has 8 heteroatoms. The quantitative estimate of drug-likeness (QED) is 0.203. The van der Waals surface area contributed by atoms with E-state index in [1.807, 2.05) is 13.8 Å². The zero-order valence-corrected chi connectivity index (χ0v) is 21.5. The molecule has 0 aromatic heterocycles. The van der Waals surface area contributed by atoms with E-state index in [9.17, 15) is 0 Å². The van der Waals surface area contributed by atoms with Gasteiger partial charge in [0.15, 0.2) is 0 Å². The first kappa shape index (κ1) is 27.2. The summed E-state index contributed by atoms with van der Waals surface area (Å²) < 4.78 is 29.9. The van der Waals surface area contributed by atoms with E-state index in [0.717, 1.165) is 64.2 Å². The van der Waals surface area contributed by atoms with Crippen LogP contribution in [0.15, 0.2) is 0 Å². The minimum absolute atomic E-state index is 0.0294. The van der Waals surface area contributed by atoms with E-state index < -0.39 is 8.56 Å². The molecule has 1 fully saturated rings. The van der Waals surface area contributed by atoms with Gasteiger partial charge < -0.3 is 28.0 Å². The molecule has 0 aliphatic carbocycles. The lowest BCUT2D eigenvalue weighted by molar-refractivity contribution is -0.0828. The van der Waals surface area contributed by atoms with Crippen molar-refractivity contribution in [3.63, 3.8) is 0 Å². The zero-order valence-electron chi connectivity index (χ0n) is 19.5. The molecule has 2 radical (unpaired) electrons. The van der Waals surface area contributed by atoms with Crippen molar-refractivity contribution in [2.24, 2.45) is 0 Å². The van der Waals surface area contributed by atoms with Gasteiger partial charge in [-0.25, -0.2) is 0 Å². The molecule has 0 amide bonds. The van der Waals surface area contributed by atoms with E-state index in [1.54, 1.807) is 0 Å². The van der Waals surface area contributed by atoms with Crippen LogP contribution >= 0.6 is 0 Å². The lowest BCUT2D eigenvalue weighted by Gasteiger charge is -2.37. The molecule has 0 aromatic carbocycles. The number of nitrogens with zero attached hydrogens (tertiary/aromatic N) is 1. The SMILES string of the molecule is CCCCOCC1CN(CCC[Si]C(OCC)OCC)CCC[Si](C)(OCC)O1. The van der Waals surface area contributed by atoms with Gasteiger partial charge in [0.25, 0.3) is 0 Å². The van der Waals surface area contributed by atoms with Crippen molar-refractivity contribution < 1.29 is 23.1 Å². The van der Waals surface area contributed by atoms with Crippen molar-refractivity contribution in [3.05, 3.63) is 0 Å². The van der Waals surface area contributed by atoms with Crippen LogP contribution in [0.2, 0.25) is 18.6 Å². The fourth-order valence-corrected chi connectivity index (χ4v) is 7.36. The monoisotopic (exact) mass is 447 g/mol. The van der Waals surface area contributed by atoms with Crippen LogP contribution in [0.1, 0.15) is 53.4 Å². The fourth-order valence-electron chi connectivity index (χ4n) is 3.61. The summed E-state index contributed by atoms with van der Waals surface area (Å²) >= 11 is 0. The van der Waals surface area contributed by atoms with E-state index in [2.05, 4.69) is 25.3 Å². The van der Waals surface area contributed by atoms with Gasteiger partial charge >= 0.3 is 8.56 Å². The first-order valence-electron chi connectivity index (χ1n) is 11.6. The third-order valence-corrected chi connectivity index (χ3v) is 9.28. The minimum Gasteiger partial charge on any atom is -0.395 e. The minimum atomic E-state index is -2.09. The second-order valence-corrected chi connectivity index (χ2v) is 12.4. The highest BCUT2D eigenvalue weighted by Crippen LogP contribution is 2.22. The highest BCUT2D eigenvalue weighted by molar-refractivity contribution is 6.66. The third kappa shape index (κ3) is 12.6. The highest BCUT2D eigenvalue weighted by atomic mass is 28.4. The molecule has 1 aliphatic rings. The summed E-state index contributed by atoms with van der Waals surface area (Å²) in [4.78, 5) is 2.55. The first-order chi connectivity index (χ1) is 14.1. The Kier molecular flexibility index (Phi) is 15.8. The van der Waals surface area contributed by atoms with Gasteiger partial charge in [0.2, 0.25) is 0 Å². The molecular formula is C21H45NO5Si2. The molecule has 0 bridgehead atoms. The molecule has 0 spiro atoms. The predicted molar refractivity (Wildman–Crippen MR) is 122 cm³/mol. The maximum Gasteiger partial charge on any atom is 0.335 e. The Morgan fingerprint density at radius 1 is 1.10 bits per heavy atom. The van der Waals surface area contributed by atoms with Crippen LogP contribution in [0, 0.1) is 0 Å². The third-order valence-electron chi connectivity index (χ3n) is 4.98. The second kappa shape index (κ2) is 16.8. The van der Waals surface area contributed by atoms with Crippen LogP contribution in [0.4, 0.5) is 0 Å². The normalized spacial score (nSPS) is 24.0. The number of hydrogen-bond donors (Lipinski definition) is 0. The average Bonchev–Trinajstić information content (AvgIpc) is 2.67. The first-order valence-corrected chi connectivity index (χ1v) is 15.5. The van der Waals surface area contributed by atoms with Gasteiger partial charge in [0, 0.05) is 33.0 Å². The molecule has 1 saturated heterocycles. The topological polar surface area (TPSA) is 49.4 Å². The lowest BCUT2D eigenvalue weighted by Crippen LogP contribution is -2.50. The van der Waals surface area contributed by atoms with Gasteiger partial charge in [-0.3, -0.25) is 0 Å². The van der Waals surface area contributed by atoms with E-state index >= 15 is 0 Å². The standard InChI is InChI=1S/C21H45NO5Si2/c1-6-10-15-23-19-20-18-22(14-12-17-29(5,27-20)26-9-4)13-11-16-28-21(24-7-2)25-8-3/h20-21H,6-19H2,1-5H3. The van der Waals surface area contributed by atoms with Crippen LogP contribution < -0.4 is 0 Å². The van der Waals surface area contributed by atoms with Gasteiger partial charge in [-0.1, -0.05) is 19.4 Å². The molecule has 6 nitrogen and oxygen atoms in total. The summed E-state index contributed by atoms with van der Waals surface area (Å²) in [6.45, 7) is 17.3. The molecular weight excluding hydrogens is 402 g/mol. The second-order valence-electron chi connectivity index (χ2n) is 7.69. The molecule has 1 rings (SSSR count). The van der Waals surface area contributed by atoms with E-state index in [1.165, 1.54) is 6.42 Å². The summed E-state index contributed by atoms with van der Waals surface area (Å²) in [5.41, 5.74) is 0. The van der Waals surface area contributed by atoms with Crippen LogP contribution in [0.3, 0.4) is 0 Å². The molecule has 1 heterocycles. The number of unbranched alkanes of at least 4 members (excludes halogenated alkanes) is 1. The molecule has 2 unspecified atom stereocenters. The predicted octanol–water partition coefficient (Wildman–Crippen LogP) is 3.87. The Hall–Kier alpha value is 0.194. The number of ether oxygens (including phenoxy) is 3. The van der Waals surface area contributed by atoms with Crippen molar-refractivity contribution in [1.82, 2.24) is 4.90 Å². The Morgan fingerprint density at radius 3 is 2.52 bits per heavy atom. The van der Waals surface area contributed by atoms with Crippen molar-refractivity contribution in [3.8, 4) is 0 Å².